The summed E-state index contributed by atoms with van der Waals surface area (Å²) in [6, 6.07) is 0. The lowest BCUT2D eigenvalue weighted by Crippen LogP contribution is -2.30. The molecular weight excluding hydrogens is 1250 g/mol. The van der Waals surface area contributed by atoms with Gasteiger partial charge in [0.1, 0.15) is 19.3 Å². The molecule has 3 unspecified atom stereocenters. The van der Waals surface area contributed by atoms with Gasteiger partial charge >= 0.3 is 39.5 Å². The molecule has 0 spiro atoms. The summed E-state index contributed by atoms with van der Waals surface area (Å²) in [7, 11) is -9.91. The highest BCUT2D eigenvalue weighted by Crippen LogP contribution is 2.45. The highest BCUT2D eigenvalue weighted by atomic mass is 31.2. The van der Waals surface area contributed by atoms with Crippen LogP contribution >= 0.6 is 15.6 Å². The molecule has 0 aromatic carbocycles. The largest absolute Gasteiger partial charge is 0.472 e. The molecule has 0 aliphatic heterocycles. The second kappa shape index (κ2) is 65.4. The number of carbonyl (C=O) groups excluding carboxylic acids is 4. The fraction of sp³-hybridized carbons (Fsp3) is 0.947. The third kappa shape index (κ3) is 69.0. The lowest BCUT2D eigenvalue weighted by molar-refractivity contribution is -0.161. The van der Waals surface area contributed by atoms with E-state index in [1.807, 2.05) is 0 Å². The molecule has 6 atom stereocenters. The lowest BCUT2D eigenvalue weighted by atomic mass is 10.00. The van der Waals surface area contributed by atoms with Gasteiger partial charge in [0.2, 0.25) is 0 Å². The molecular formula is C76H148O17P2. The summed E-state index contributed by atoms with van der Waals surface area (Å²) >= 11 is 0. The second-order valence-corrected chi connectivity index (χ2v) is 32.0. The molecule has 0 heterocycles. The molecule has 17 nitrogen and oxygen atoms in total. The zero-order valence-electron chi connectivity index (χ0n) is 62.3. The minimum absolute atomic E-state index is 0.105. The molecule has 3 N–H and O–H groups in total. The fourth-order valence-corrected chi connectivity index (χ4v) is 13.1. The quantitative estimate of drug-likeness (QED) is 0.0222. The average molecular weight is 1400 g/mol. The van der Waals surface area contributed by atoms with E-state index in [2.05, 4.69) is 55.4 Å². The van der Waals surface area contributed by atoms with Crippen molar-refractivity contribution in [2.24, 2.45) is 23.7 Å². The minimum Gasteiger partial charge on any atom is -0.462 e. The van der Waals surface area contributed by atoms with Crippen molar-refractivity contribution < 1.29 is 80.2 Å². The van der Waals surface area contributed by atoms with E-state index in [-0.39, 0.29) is 25.7 Å². The zero-order chi connectivity index (χ0) is 70.3. The van der Waals surface area contributed by atoms with Gasteiger partial charge in [-0.3, -0.25) is 37.3 Å². The molecule has 0 aromatic heterocycles. The molecule has 0 aromatic rings. The van der Waals surface area contributed by atoms with Crippen LogP contribution < -0.4 is 0 Å². The fourth-order valence-electron chi connectivity index (χ4n) is 11.5. The molecule has 0 amide bonds. The number of rotatable bonds is 73. The summed E-state index contributed by atoms with van der Waals surface area (Å²) in [6.07, 6.45) is 50.0. The topological polar surface area (TPSA) is 237 Å². The average Bonchev–Trinajstić information content (AvgIpc) is 3.31. The van der Waals surface area contributed by atoms with Crippen LogP contribution in [0.3, 0.4) is 0 Å². The van der Waals surface area contributed by atoms with E-state index in [1.54, 1.807) is 0 Å². The summed E-state index contributed by atoms with van der Waals surface area (Å²) in [4.78, 5) is 72.8. The standard InChI is InChI=1S/C76H148O17P2/c1-9-69(8)55-47-39-34-35-41-49-57-74(79)87-63-72(93-76(81)59-51-43-33-26-20-16-18-23-29-37-45-53-67(4)5)65-91-95(84,85)89-61-70(77)60-88-94(82,83)90-64-71(62-86-73(78)56-48-40-31-27-21-24-30-38-46-54-68(6)7)92-75(80)58-50-42-32-25-19-15-13-11-10-12-14-17-22-28-36-44-52-66(2)3/h66-72,77H,9-65H2,1-8H3,(H,82,83)(H,84,85)/t69?,70-,71-,72-/m1/s1. The van der Waals surface area contributed by atoms with Crippen molar-refractivity contribution in [3.05, 3.63) is 0 Å². The SMILES string of the molecule is CCC(C)CCCCCCCCC(=O)OC[C@H](COP(=O)(O)OC[C@H](O)COP(=O)(O)OC[C@@H](COC(=O)CCCCCCCCCCCC(C)C)OC(=O)CCCCCCCCCCCCCCCCCCC(C)C)OC(=O)CCCCCCCCCCCCCC(C)C. The van der Waals surface area contributed by atoms with Crippen molar-refractivity contribution in [3.8, 4) is 0 Å². The maximum absolute atomic E-state index is 13.1. The van der Waals surface area contributed by atoms with Crippen LogP contribution in [0, 0.1) is 23.7 Å². The number of ether oxygens (including phenoxy) is 4. The number of hydrogen-bond acceptors (Lipinski definition) is 15. The maximum Gasteiger partial charge on any atom is 0.472 e. The molecule has 0 rings (SSSR count). The zero-order valence-corrected chi connectivity index (χ0v) is 64.1. The van der Waals surface area contributed by atoms with Crippen molar-refractivity contribution in [1.82, 2.24) is 0 Å². The first-order valence-electron chi connectivity index (χ1n) is 39.2. The Morgan fingerprint density at radius 1 is 0.295 bits per heavy atom. The molecule has 0 saturated heterocycles. The molecule has 19 heteroatoms. The minimum atomic E-state index is -4.96. The smallest absolute Gasteiger partial charge is 0.462 e. The predicted octanol–water partition coefficient (Wildman–Crippen LogP) is 22.0. The Morgan fingerprint density at radius 3 is 0.747 bits per heavy atom. The summed E-state index contributed by atoms with van der Waals surface area (Å²) < 4.78 is 68.5. The third-order valence-corrected chi connectivity index (χ3v) is 19.8. The van der Waals surface area contributed by atoms with Crippen molar-refractivity contribution in [3.63, 3.8) is 0 Å². The second-order valence-electron chi connectivity index (χ2n) is 29.1. The van der Waals surface area contributed by atoms with Crippen LogP contribution in [-0.2, 0) is 65.4 Å². The molecule has 95 heavy (non-hydrogen) atoms. The number of aliphatic hydroxyl groups excluding tert-OH is 1. The van der Waals surface area contributed by atoms with E-state index in [9.17, 15) is 43.2 Å². The summed E-state index contributed by atoms with van der Waals surface area (Å²) in [5.74, 6) is 0.927. The van der Waals surface area contributed by atoms with E-state index in [1.165, 1.54) is 180 Å². The van der Waals surface area contributed by atoms with E-state index >= 15 is 0 Å². The van der Waals surface area contributed by atoms with Crippen LogP contribution in [0.2, 0.25) is 0 Å². The molecule has 0 bridgehead atoms. The van der Waals surface area contributed by atoms with Gasteiger partial charge in [-0.1, -0.05) is 331 Å². The summed E-state index contributed by atoms with van der Waals surface area (Å²) in [5.41, 5.74) is 0. The Hall–Kier alpha value is -1.94. The van der Waals surface area contributed by atoms with Crippen LogP contribution in [0.5, 0.6) is 0 Å². The molecule has 0 radical (unpaired) electrons. The van der Waals surface area contributed by atoms with Crippen LogP contribution in [-0.4, -0.2) is 96.7 Å². The van der Waals surface area contributed by atoms with E-state index in [0.29, 0.717) is 25.7 Å². The van der Waals surface area contributed by atoms with E-state index in [0.717, 1.165) is 120 Å². The van der Waals surface area contributed by atoms with Gasteiger partial charge in [0.05, 0.1) is 26.4 Å². The number of phosphoric ester groups is 2. The number of aliphatic hydroxyl groups is 1. The first-order chi connectivity index (χ1) is 45.6. The normalized spacial score (nSPS) is 14.4. The number of phosphoric acid groups is 2. The van der Waals surface area contributed by atoms with Crippen LogP contribution in [0.15, 0.2) is 0 Å². The Balaban J connectivity index is 5.23. The van der Waals surface area contributed by atoms with Gasteiger partial charge in [-0.05, 0) is 49.4 Å². The first kappa shape index (κ1) is 93.1. The highest BCUT2D eigenvalue weighted by molar-refractivity contribution is 7.47. The first-order valence-corrected chi connectivity index (χ1v) is 42.2. The summed E-state index contributed by atoms with van der Waals surface area (Å²) in [5, 5.41) is 10.6. The van der Waals surface area contributed by atoms with Crippen LogP contribution in [0.1, 0.15) is 383 Å². The number of hydrogen-bond donors (Lipinski definition) is 3. The highest BCUT2D eigenvalue weighted by Gasteiger charge is 2.30. The molecule has 0 aliphatic rings. The predicted molar refractivity (Wildman–Crippen MR) is 386 cm³/mol. The molecule has 0 saturated carbocycles. The van der Waals surface area contributed by atoms with Gasteiger partial charge in [-0.15, -0.1) is 0 Å². The van der Waals surface area contributed by atoms with Crippen molar-refractivity contribution in [1.29, 1.82) is 0 Å². The molecule has 0 fully saturated rings. The van der Waals surface area contributed by atoms with E-state index < -0.39 is 97.5 Å². The van der Waals surface area contributed by atoms with Crippen molar-refractivity contribution in [2.45, 2.75) is 401 Å². The van der Waals surface area contributed by atoms with Crippen molar-refractivity contribution >= 4 is 39.5 Å². The third-order valence-electron chi connectivity index (χ3n) is 17.9. The van der Waals surface area contributed by atoms with Gasteiger partial charge < -0.3 is 33.8 Å². The van der Waals surface area contributed by atoms with Gasteiger partial charge in [0.15, 0.2) is 12.2 Å². The number of carbonyl (C=O) groups is 4. The van der Waals surface area contributed by atoms with Gasteiger partial charge in [-0.25, -0.2) is 9.13 Å². The van der Waals surface area contributed by atoms with Crippen LogP contribution in [0.4, 0.5) is 0 Å². The van der Waals surface area contributed by atoms with Crippen LogP contribution in [0.25, 0.3) is 0 Å². The molecule has 564 valence electrons. The maximum atomic E-state index is 13.1. The van der Waals surface area contributed by atoms with E-state index in [4.69, 9.17) is 37.0 Å². The monoisotopic (exact) mass is 1400 g/mol. The number of unbranched alkanes of at least 4 members (excludes halogenated alkanes) is 38. The van der Waals surface area contributed by atoms with Gasteiger partial charge in [-0.2, -0.15) is 0 Å². The summed E-state index contributed by atoms with van der Waals surface area (Å²) in [6.45, 7) is 14.2. The van der Waals surface area contributed by atoms with Crippen molar-refractivity contribution in [2.75, 3.05) is 39.6 Å². The Kier molecular flexibility index (Phi) is 64.0. The Morgan fingerprint density at radius 2 is 0.505 bits per heavy atom. The van der Waals surface area contributed by atoms with Gasteiger partial charge in [0, 0.05) is 25.7 Å². The Labute approximate surface area is 581 Å². The molecule has 0 aliphatic carbocycles. The Bertz CT molecular complexity index is 1870. The lowest BCUT2D eigenvalue weighted by Gasteiger charge is -2.21. The van der Waals surface area contributed by atoms with Gasteiger partial charge in [0.25, 0.3) is 0 Å². The number of esters is 4.